The lowest BCUT2D eigenvalue weighted by molar-refractivity contribution is -0.113. The average Bonchev–Trinajstić information content (AvgIpc) is 3.19. The fraction of sp³-hybridized carbons (Fsp3) is 0.333. The quantitative estimate of drug-likeness (QED) is 0.844. The molecule has 6 nitrogen and oxygen atoms in total. The lowest BCUT2D eigenvalue weighted by Gasteiger charge is -2.06. The number of rotatable bonds is 5. The number of carbonyl (C=O) groups excluding carboxylic acids is 1. The Morgan fingerprint density at radius 2 is 2.19 bits per heavy atom. The van der Waals surface area contributed by atoms with Gasteiger partial charge in [-0.25, -0.2) is 4.68 Å². The molecule has 0 aliphatic heterocycles. The van der Waals surface area contributed by atoms with Gasteiger partial charge in [0.1, 0.15) is 0 Å². The first kappa shape index (κ1) is 14.6. The topological polar surface area (TPSA) is 72.7 Å². The molecular formula is C12H11Cl2N5OS. The van der Waals surface area contributed by atoms with E-state index in [4.69, 9.17) is 23.2 Å². The minimum Gasteiger partial charge on any atom is -0.325 e. The molecule has 110 valence electrons. The van der Waals surface area contributed by atoms with Crippen molar-refractivity contribution in [1.82, 2.24) is 20.2 Å². The molecule has 0 saturated heterocycles. The summed E-state index contributed by atoms with van der Waals surface area (Å²) in [6.07, 6.45) is 2.18. The fourth-order valence-electron chi connectivity index (χ4n) is 1.73. The molecule has 1 aliphatic rings. The van der Waals surface area contributed by atoms with Crippen LogP contribution in [0.25, 0.3) is 0 Å². The molecule has 9 heteroatoms. The van der Waals surface area contributed by atoms with Gasteiger partial charge in [-0.1, -0.05) is 35.0 Å². The number of nitrogens with one attached hydrogen (secondary N) is 1. The highest BCUT2D eigenvalue weighted by molar-refractivity contribution is 7.99. The number of hydrogen-bond acceptors (Lipinski definition) is 5. The predicted molar refractivity (Wildman–Crippen MR) is 81.9 cm³/mol. The highest BCUT2D eigenvalue weighted by Gasteiger charge is 2.28. The average molecular weight is 344 g/mol. The van der Waals surface area contributed by atoms with Crippen molar-refractivity contribution in [1.29, 1.82) is 0 Å². The number of thioether (sulfide) groups is 1. The zero-order valence-corrected chi connectivity index (χ0v) is 13.1. The van der Waals surface area contributed by atoms with Gasteiger partial charge in [-0.15, -0.1) is 5.10 Å². The van der Waals surface area contributed by atoms with E-state index in [9.17, 15) is 4.79 Å². The summed E-state index contributed by atoms with van der Waals surface area (Å²) in [4.78, 5) is 11.9. The minimum absolute atomic E-state index is 0.149. The first-order valence-corrected chi connectivity index (χ1v) is 8.03. The smallest absolute Gasteiger partial charge is 0.234 e. The second-order valence-corrected chi connectivity index (χ2v) is 6.36. The van der Waals surface area contributed by atoms with E-state index in [2.05, 4.69) is 20.8 Å². The molecular weight excluding hydrogens is 333 g/mol. The second kappa shape index (κ2) is 6.21. The third-order valence-corrected chi connectivity index (χ3v) is 4.56. The molecule has 1 heterocycles. The van der Waals surface area contributed by atoms with Crippen molar-refractivity contribution in [2.24, 2.45) is 0 Å². The van der Waals surface area contributed by atoms with E-state index in [1.807, 2.05) is 0 Å². The number of amides is 1. The van der Waals surface area contributed by atoms with Gasteiger partial charge in [0.2, 0.25) is 11.1 Å². The van der Waals surface area contributed by atoms with E-state index >= 15 is 0 Å². The maximum Gasteiger partial charge on any atom is 0.234 e. The summed E-state index contributed by atoms with van der Waals surface area (Å²) in [6, 6.07) is 5.34. The fourth-order valence-corrected chi connectivity index (χ4v) is 2.77. The molecule has 1 N–H and O–H groups in total. The van der Waals surface area contributed by atoms with Gasteiger partial charge in [0, 0.05) is 5.69 Å². The summed E-state index contributed by atoms with van der Waals surface area (Å²) in [7, 11) is 0. The van der Waals surface area contributed by atoms with Crippen molar-refractivity contribution in [2.75, 3.05) is 11.1 Å². The van der Waals surface area contributed by atoms with Crippen LogP contribution in [-0.2, 0) is 4.79 Å². The zero-order chi connectivity index (χ0) is 14.8. The van der Waals surface area contributed by atoms with E-state index in [-0.39, 0.29) is 11.7 Å². The van der Waals surface area contributed by atoms with Crippen molar-refractivity contribution in [3.63, 3.8) is 0 Å². The Hall–Kier alpha value is -1.31. The Labute approximate surface area is 135 Å². The highest BCUT2D eigenvalue weighted by Crippen LogP contribution is 2.36. The Bertz CT molecular complexity index is 673. The molecule has 1 aromatic heterocycles. The summed E-state index contributed by atoms with van der Waals surface area (Å²) >= 11 is 13.0. The van der Waals surface area contributed by atoms with E-state index < -0.39 is 0 Å². The molecule has 0 bridgehead atoms. The summed E-state index contributed by atoms with van der Waals surface area (Å²) < 4.78 is 1.77. The van der Waals surface area contributed by atoms with Gasteiger partial charge >= 0.3 is 0 Å². The Morgan fingerprint density at radius 1 is 1.38 bits per heavy atom. The monoisotopic (exact) mass is 343 g/mol. The van der Waals surface area contributed by atoms with Crippen molar-refractivity contribution >= 4 is 46.6 Å². The largest absolute Gasteiger partial charge is 0.325 e. The highest BCUT2D eigenvalue weighted by atomic mass is 35.5. The number of carbonyl (C=O) groups is 1. The van der Waals surface area contributed by atoms with Gasteiger partial charge in [0.05, 0.1) is 21.8 Å². The summed E-state index contributed by atoms with van der Waals surface area (Å²) in [6.45, 7) is 0. The van der Waals surface area contributed by atoms with Gasteiger partial charge in [-0.2, -0.15) is 0 Å². The van der Waals surface area contributed by atoms with Crippen LogP contribution in [0, 0.1) is 0 Å². The normalized spacial score (nSPS) is 14.2. The third-order valence-electron chi connectivity index (χ3n) is 2.89. The second-order valence-electron chi connectivity index (χ2n) is 4.60. The first-order valence-electron chi connectivity index (χ1n) is 6.29. The summed E-state index contributed by atoms with van der Waals surface area (Å²) in [5, 5.41) is 15.8. The molecule has 1 amide bonds. The molecule has 0 radical (unpaired) electrons. The van der Waals surface area contributed by atoms with Crippen LogP contribution in [0.15, 0.2) is 23.4 Å². The molecule has 0 spiro atoms. The molecule has 2 aromatic rings. The molecule has 21 heavy (non-hydrogen) atoms. The Morgan fingerprint density at radius 3 is 2.90 bits per heavy atom. The number of tetrazole rings is 1. The number of halogens is 2. The van der Waals surface area contributed by atoms with E-state index in [1.165, 1.54) is 11.8 Å². The molecule has 1 fully saturated rings. The standard InChI is InChI=1S/C12H11Cl2N5OS/c13-9-4-1-7(5-10(9)14)15-11(20)6-21-12-16-17-18-19(12)8-2-3-8/h1,4-5,8H,2-3,6H2,(H,15,20). The molecule has 1 aromatic carbocycles. The molecule has 3 rings (SSSR count). The minimum atomic E-state index is -0.149. The number of anilines is 1. The Balaban J connectivity index is 1.56. The van der Waals surface area contributed by atoms with Crippen LogP contribution < -0.4 is 5.32 Å². The van der Waals surface area contributed by atoms with Gasteiger partial charge in [0.15, 0.2) is 0 Å². The van der Waals surface area contributed by atoms with Crippen LogP contribution in [-0.4, -0.2) is 31.9 Å². The van der Waals surface area contributed by atoms with E-state index in [0.29, 0.717) is 26.9 Å². The van der Waals surface area contributed by atoms with Crippen molar-refractivity contribution < 1.29 is 4.79 Å². The van der Waals surface area contributed by atoms with Crippen LogP contribution in [0.1, 0.15) is 18.9 Å². The van der Waals surface area contributed by atoms with Crippen molar-refractivity contribution in [3.05, 3.63) is 28.2 Å². The Kier molecular flexibility index (Phi) is 4.32. The molecule has 1 saturated carbocycles. The lowest BCUT2D eigenvalue weighted by Crippen LogP contribution is -2.14. The number of aromatic nitrogens is 4. The summed E-state index contributed by atoms with van der Waals surface area (Å²) in [5.41, 5.74) is 0.608. The number of hydrogen-bond donors (Lipinski definition) is 1. The van der Waals surface area contributed by atoms with Crippen LogP contribution in [0.3, 0.4) is 0 Å². The maximum atomic E-state index is 11.9. The van der Waals surface area contributed by atoms with Gasteiger partial charge in [0.25, 0.3) is 0 Å². The SMILES string of the molecule is O=C(CSc1nnnn1C1CC1)Nc1ccc(Cl)c(Cl)c1. The predicted octanol–water partition coefficient (Wildman–Crippen LogP) is 3.05. The maximum absolute atomic E-state index is 11.9. The van der Waals surface area contributed by atoms with E-state index in [1.54, 1.807) is 22.9 Å². The van der Waals surface area contributed by atoms with Crippen LogP contribution >= 0.6 is 35.0 Å². The van der Waals surface area contributed by atoms with Crippen molar-refractivity contribution in [3.8, 4) is 0 Å². The number of nitrogens with zero attached hydrogens (tertiary/aromatic N) is 4. The lowest BCUT2D eigenvalue weighted by atomic mass is 10.3. The van der Waals surface area contributed by atoms with Crippen LogP contribution in [0.5, 0.6) is 0 Å². The van der Waals surface area contributed by atoms with Gasteiger partial charge < -0.3 is 5.32 Å². The van der Waals surface area contributed by atoms with Crippen LogP contribution in [0.2, 0.25) is 10.0 Å². The van der Waals surface area contributed by atoms with E-state index in [0.717, 1.165) is 12.8 Å². The first-order chi connectivity index (χ1) is 10.1. The molecule has 0 unspecified atom stereocenters. The van der Waals surface area contributed by atoms with Crippen LogP contribution in [0.4, 0.5) is 5.69 Å². The zero-order valence-electron chi connectivity index (χ0n) is 10.8. The van der Waals surface area contributed by atoms with Crippen molar-refractivity contribution in [2.45, 2.75) is 24.0 Å². The third kappa shape index (κ3) is 3.66. The van der Waals surface area contributed by atoms with Gasteiger partial charge in [-0.05, 0) is 41.5 Å². The number of benzene rings is 1. The molecule has 1 aliphatic carbocycles. The molecule has 0 atom stereocenters. The summed E-state index contributed by atoms with van der Waals surface area (Å²) in [5.74, 6) is 0.0802. The van der Waals surface area contributed by atoms with Gasteiger partial charge in [-0.3, -0.25) is 4.79 Å².